The van der Waals surface area contributed by atoms with Crippen molar-refractivity contribution >= 4 is 17.0 Å². The van der Waals surface area contributed by atoms with Crippen LogP contribution in [0.2, 0.25) is 0 Å². The van der Waals surface area contributed by atoms with Gasteiger partial charge < -0.3 is 10.2 Å². The molecule has 0 amide bonds. The van der Waals surface area contributed by atoms with Crippen molar-refractivity contribution in [1.82, 2.24) is 10.3 Å². The summed E-state index contributed by atoms with van der Waals surface area (Å²) in [4.78, 5) is 7.86. The van der Waals surface area contributed by atoms with E-state index < -0.39 is 0 Å². The summed E-state index contributed by atoms with van der Waals surface area (Å²) < 4.78 is 0. The monoisotopic (exact) mass is 275 g/mol. The zero-order chi connectivity index (χ0) is 13.5. The number of para-hydroxylation sites is 1. The first kappa shape index (κ1) is 14.0. The lowest BCUT2D eigenvalue weighted by atomic mass is 10.3. The molecule has 0 aliphatic heterocycles. The van der Waals surface area contributed by atoms with E-state index in [1.54, 1.807) is 11.3 Å². The Labute approximate surface area is 119 Å². The summed E-state index contributed by atoms with van der Waals surface area (Å²) in [6, 6.07) is 10.5. The van der Waals surface area contributed by atoms with Crippen LogP contribution in [0, 0.1) is 6.92 Å². The number of aromatic nitrogens is 1. The minimum atomic E-state index is 0.931. The van der Waals surface area contributed by atoms with E-state index in [0.717, 1.165) is 31.1 Å². The van der Waals surface area contributed by atoms with Crippen LogP contribution in [-0.2, 0) is 6.54 Å². The highest BCUT2D eigenvalue weighted by molar-refractivity contribution is 7.11. The van der Waals surface area contributed by atoms with Gasteiger partial charge in [-0.3, -0.25) is 0 Å². The highest BCUT2D eigenvalue weighted by Gasteiger charge is 2.00. The Hall–Kier alpha value is -1.39. The summed E-state index contributed by atoms with van der Waals surface area (Å²) in [5.74, 6) is 0. The van der Waals surface area contributed by atoms with Crippen LogP contribution < -0.4 is 10.2 Å². The van der Waals surface area contributed by atoms with E-state index in [9.17, 15) is 0 Å². The predicted molar refractivity (Wildman–Crippen MR) is 82.9 cm³/mol. The van der Waals surface area contributed by atoms with Gasteiger partial charge in [0.2, 0.25) is 0 Å². The van der Waals surface area contributed by atoms with Gasteiger partial charge in [0.1, 0.15) is 0 Å². The fourth-order valence-electron chi connectivity index (χ4n) is 1.95. The van der Waals surface area contributed by atoms with Crippen molar-refractivity contribution < 1.29 is 0 Å². The molecule has 1 aromatic carbocycles. The van der Waals surface area contributed by atoms with E-state index in [0.29, 0.717) is 0 Å². The third kappa shape index (κ3) is 4.65. The van der Waals surface area contributed by atoms with Crippen LogP contribution in [0.3, 0.4) is 0 Å². The molecule has 0 radical (unpaired) electrons. The Morgan fingerprint density at radius 1 is 1.26 bits per heavy atom. The molecule has 0 fully saturated rings. The molecule has 1 aromatic heterocycles. The van der Waals surface area contributed by atoms with Crippen molar-refractivity contribution in [3.05, 3.63) is 46.4 Å². The molecule has 0 unspecified atom stereocenters. The maximum absolute atomic E-state index is 4.25. The molecule has 0 bridgehead atoms. The molecule has 19 heavy (non-hydrogen) atoms. The maximum atomic E-state index is 4.25. The average molecular weight is 275 g/mol. The molecule has 0 spiro atoms. The number of hydrogen-bond donors (Lipinski definition) is 1. The minimum absolute atomic E-state index is 0.931. The third-order valence-electron chi connectivity index (χ3n) is 3.01. The van der Waals surface area contributed by atoms with Crippen LogP contribution in [0.15, 0.2) is 36.5 Å². The summed E-state index contributed by atoms with van der Waals surface area (Å²) in [6.07, 6.45) is 3.10. The molecule has 2 aromatic rings. The van der Waals surface area contributed by atoms with Gasteiger partial charge in [-0.2, -0.15) is 0 Å². The first-order valence-corrected chi connectivity index (χ1v) is 7.45. The molecular formula is C15H21N3S. The Balaban J connectivity index is 1.62. The van der Waals surface area contributed by atoms with E-state index in [-0.39, 0.29) is 0 Å². The van der Waals surface area contributed by atoms with Crippen LogP contribution in [0.4, 0.5) is 5.69 Å². The van der Waals surface area contributed by atoms with E-state index in [1.165, 1.54) is 10.6 Å². The van der Waals surface area contributed by atoms with E-state index in [4.69, 9.17) is 0 Å². The number of benzene rings is 1. The summed E-state index contributed by atoms with van der Waals surface area (Å²) >= 11 is 1.76. The number of rotatable bonds is 7. The van der Waals surface area contributed by atoms with Crippen LogP contribution >= 0.6 is 11.3 Å². The number of hydrogen-bond acceptors (Lipinski definition) is 4. The quantitative estimate of drug-likeness (QED) is 0.787. The number of anilines is 1. The third-order valence-corrected chi connectivity index (χ3v) is 3.93. The predicted octanol–water partition coefficient (Wildman–Crippen LogP) is 3.07. The molecule has 0 aliphatic rings. The van der Waals surface area contributed by atoms with Crippen LogP contribution in [0.25, 0.3) is 0 Å². The van der Waals surface area contributed by atoms with Gasteiger partial charge in [0, 0.05) is 36.9 Å². The van der Waals surface area contributed by atoms with Crippen molar-refractivity contribution in [2.24, 2.45) is 0 Å². The number of aryl methyl sites for hydroxylation is 1. The summed E-state index contributed by atoms with van der Waals surface area (Å²) in [6.45, 7) is 5.08. The largest absolute Gasteiger partial charge is 0.375 e. The normalized spacial score (nSPS) is 10.6. The minimum Gasteiger partial charge on any atom is -0.375 e. The first-order chi connectivity index (χ1) is 9.25. The number of nitrogens with zero attached hydrogens (tertiary/aromatic N) is 2. The zero-order valence-electron chi connectivity index (χ0n) is 11.6. The molecule has 0 saturated carbocycles. The molecule has 2 rings (SSSR count). The van der Waals surface area contributed by atoms with Crippen molar-refractivity contribution in [1.29, 1.82) is 0 Å². The Bertz CT molecular complexity index is 481. The van der Waals surface area contributed by atoms with Crippen molar-refractivity contribution in [3.63, 3.8) is 0 Å². The van der Waals surface area contributed by atoms with Gasteiger partial charge in [0.25, 0.3) is 0 Å². The SMILES string of the molecule is Cc1ncc(CNCCCN(C)c2ccccc2)s1. The Morgan fingerprint density at radius 2 is 2.05 bits per heavy atom. The molecule has 0 aliphatic carbocycles. The van der Waals surface area contributed by atoms with E-state index in [1.807, 2.05) is 13.1 Å². The lowest BCUT2D eigenvalue weighted by Gasteiger charge is -2.19. The fourth-order valence-corrected chi connectivity index (χ4v) is 2.72. The molecule has 3 nitrogen and oxygen atoms in total. The molecule has 102 valence electrons. The smallest absolute Gasteiger partial charge is 0.0897 e. The molecule has 1 N–H and O–H groups in total. The van der Waals surface area contributed by atoms with Gasteiger partial charge in [-0.05, 0) is 32.0 Å². The summed E-state index contributed by atoms with van der Waals surface area (Å²) in [7, 11) is 2.14. The number of thiazole rings is 1. The first-order valence-electron chi connectivity index (χ1n) is 6.64. The van der Waals surface area contributed by atoms with Crippen molar-refractivity contribution in [3.8, 4) is 0 Å². The van der Waals surface area contributed by atoms with Crippen LogP contribution in [-0.4, -0.2) is 25.1 Å². The summed E-state index contributed by atoms with van der Waals surface area (Å²) in [5.41, 5.74) is 1.28. The highest BCUT2D eigenvalue weighted by atomic mass is 32.1. The fraction of sp³-hybridized carbons (Fsp3) is 0.400. The van der Waals surface area contributed by atoms with E-state index in [2.05, 4.69) is 52.6 Å². The lowest BCUT2D eigenvalue weighted by Crippen LogP contribution is -2.23. The van der Waals surface area contributed by atoms with Gasteiger partial charge >= 0.3 is 0 Å². The summed E-state index contributed by atoms with van der Waals surface area (Å²) in [5, 5.41) is 4.61. The van der Waals surface area contributed by atoms with Gasteiger partial charge in [0.05, 0.1) is 5.01 Å². The van der Waals surface area contributed by atoms with Gasteiger partial charge in [-0.1, -0.05) is 18.2 Å². The molecule has 4 heteroatoms. The maximum Gasteiger partial charge on any atom is 0.0897 e. The Kier molecular flexibility index (Phi) is 5.36. The molecular weight excluding hydrogens is 254 g/mol. The second-order valence-electron chi connectivity index (χ2n) is 4.63. The lowest BCUT2D eigenvalue weighted by molar-refractivity contribution is 0.650. The standard InChI is InChI=1S/C15H21N3S/c1-13-17-12-15(19-13)11-16-9-6-10-18(2)14-7-4-3-5-8-14/h3-5,7-8,12,16H,6,9-11H2,1-2H3. The molecule has 0 atom stereocenters. The van der Waals surface area contributed by atoms with Crippen LogP contribution in [0.1, 0.15) is 16.3 Å². The van der Waals surface area contributed by atoms with Crippen molar-refractivity contribution in [2.45, 2.75) is 19.9 Å². The second-order valence-corrected chi connectivity index (χ2v) is 5.95. The van der Waals surface area contributed by atoms with Gasteiger partial charge in [-0.15, -0.1) is 11.3 Å². The molecule has 0 saturated heterocycles. The second kappa shape index (κ2) is 7.26. The average Bonchev–Trinajstić information content (AvgIpc) is 2.85. The number of nitrogens with one attached hydrogen (secondary N) is 1. The van der Waals surface area contributed by atoms with Crippen molar-refractivity contribution in [2.75, 3.05) is 25.0 Å². The van der Waals surface area contributed by atoms with Gasteiger partial charge in [-0.25, -0.2) is 4.98 Å². The van der Waals surface area contributed by atoms with Gasteiger partial charge in [0.15, 0.2) is 0 Å². The van der Waals surface area contributed by atoms with E-state index >= 15 is 0 Å². The highest BCUT2D eigenvalue weighted by Crippen LogP contribution is 2.12. The zero-order valence-corrected chi connectivity index (χ0v) is 12.4. The van der Waals surface area contributed by atoms with Crippen LogP contribution in [0.5, 0.6) is 0 Å². The topological polar surface area (TPSA) is 28.2 Å². The molecule has 1 heterocycles. The Morgan fingerprint density at radius 3 is 2.74 bits per heavy atom.